The van der Waals surface area contributed by atoms with Crippen LogP contribution in [0, 0.1) is 0 Å². The van der Waals surface area contributed by atoms with Crippen molar-refractivity contribution in [2.24, 2.45) is 0 Å². The second-order valence-electron chi connectivity index (χ2n) is 7.47. The zero-order valence-electron chi connectivity index (χ0n) is 18.2. The van der Waals surface area contributed by atoms with Crippen molar-refractivity contribution >= 4 is 34.1 Å². The van der Waals surface area contributed by atoms with Crippen molar-refractivity contribution in [2.75, 3.05) is 11.1 Å². The van der Waals surface area contributed by atoms with Gasteiger partial charge >= 0.3 is 0 Å². The number of para-hydroxylation sites is 1. The molecule has 0 spiro atoms. The highest BCUT2D eigenvalue weighted by atomic mass is 32.2. The molecule has 0 bridgehead atoms. The minimum absolute atomic E-state index is 0.130. The predicted molar refractivity (Wildman–Crippen MR) is 138 cm³/mol. The number of hydrogen-bond donors (Lipinski definition) is 1. The van der Waals surface area contributed by atoms with Crippen LogP contribution in [0.1, 0.15) is 10.4 Å². The second kappa shape index (κ2) is 10.5. The molecule has 0 aliphatic rings. The van der Waals surface area contributed by atoms with E-state index < -0.39 is 0 Å². The van der Waals surface area contributed by atoms with E-state index in [1.807, 2.05) is 89.6 Å². The molecule has 0 unspecified atom stereocenters. The third kappa shape index (κ3) is 5.24. The SMILES string of the molecule is O=C(CSc1nnc(-c2ccccc2)n1-c1ccccc1)Nc1ncc(Cc2ccccc2)s1. The lowest BCUT2D eigenvalue weighted by atomic mass is 10.1. The van der Waals surface area contributed by atoms with Crippen molar-refractivity contribution in [3.8, 4) is 17.1 Å². The molecule has 8 heteroatoms. The first-order chi connectivity index (χ1) is 16.8. The summed E-state index contributed by atoms with van der Waals surface area (Å²) in [6, 6.07) is 30.0. The Hall–Kier alpha value is -3.75. The summed E-state index contributed by atoms with van der Waals surface area (Å²) in [6.45, 7) is 0. The van der Waals surface area contributed by atoms with Crippen LogP contribution in [0.3, 0.4) is 0 Å². The quantitative estimate of drug-likeness (QED) is 0.286. The molecular weight excluding hydrogens is 462 g/mol. The Morgan fingerprint density at radius 3 is 2.29 bits per heavy atom. The number of benzene rings is 3. The minimum atomic E-state index is -0.130. The lowest BCUT2D eigenvalue weighted by Gasteiger charge is -2.10. The minimum Gasteiger partial charge on any atom is -0.301 e. The molecular formula is C26H21N5OS2. The topological polar surface area (TPSA) is 72.7 Å². The van der Waals surface area contributed by atoms with E-state index in [0.717, 1.165) is 28.4 Å². The third-order valence-electron chi connectivity index (χ3n) is 5.03. The van der Waals surface area contributed by atoms with Gasteiger partial charge in [0.05, 0.1) is 5.75 Å². The Bertz CT molecular complexity index is 1370. The van der Waals surface area contributed by atoms with E-state index in [-0.39, 0.29) is 11.7 Å². The normalized spacial score (nSPS) is 10.8. The molecule has 0 atom stereocenters. The van der Waals surface area contributed by atoms with E-state index in [1.165, 1.54) is 28.7 Å². The summed E-state index contributed by atoms with van der Waals surface area (Å²) in [5.41, 5.74) is 3.12. The molecule has 34 heavy (non-hydrogen) atoms. The summed E-state index contributed by atoms with van der Waals surface area (Å²) in [7, 11) is 0. The van der Waals surface area contributed by atoms with Gasteiger partial charge in [-0.1, -0.05) is 90.6 Å². The maximum Gasteiger partial charge on any atom is 0.236 e. The molecule has 3 aromatic carbocycles. The van der Waals surface area contributed by atoms with E-state index in [1.54, 1.807) is 0 Å². The van der Waals surface area contributed by atoms with Gasteiger partial charge in [-0.3, -0.25) is 9.36 Å². The van der Waals surface area contributed by atoms with Crippen molar-refractivity contribution in [2.45, 2.75) is 11.6 Å². The second-order valence-corrected chi connectivity index (χ2v) is 9.53. The van der Waals surface area contributed by atoms with Crippen LogP contribution in [0.2, 0.25) is 0 Å². The molecule has 0 fully saturated rings. The number of carbonyl (C=O) groups excluding carboxylic acids is 1. The molecule has 0 radical (unpaired) electrons. The van der Waals surface area contributed by atoms with Gasteiger partial charge in [0.1, 0.15) is 0 Å². The number of hydrogen-bond acceptors (Lipinski definition) is 6. The van der Waals surface area contributed by atoms with E-state index in [0.29, 0.717) is 10.3 Å². The standard InChI is InChI=1S/C26H21N5OS2/c32-23(28-25-27-17-22(34-25)16-19-10-4-1-5-11-19)18-33-26-30-29-24(20-12-6-2-7-13-20)31(26)21-14-8-3-9-15-21/h1-15,17H,16,18H2,(H,27,28,32). The summed E-state index contributed by atoms with van der Waals surface area (Å²) in [5.74, 6) is 0.808. The average molecular weight is 484 g/mol. The lowest BCUT2D eigenvalue weighted by molar-refractivity contribution is -0.113. The molecule has 1 amide bonds. The Kier molecular flexibility index (Phi) is 6.78. The highest BCUT2D eigenvalue weighted by Gasteiger charge is 2.17. The van der Waals surface area contributed by atoms with Gasteiger partial charge in [0.2, 0.25) is 5.91 Å². The number of thioether (sulfide) groups is 1. The number of thiazole rings is 1. The lowest BCUT2D eigenvalue weighted by Crippen LogP contribution is -2.14. The first kappa shape index (κ1) is 22.1. The number of rotatable bonds is 8. The van der Waals surface area contributed by atoms with Crippen molar-refractivity contribution in [3.05, 3.63) is 108 Å². The van der Waals surface area contributed by atoms with E-state index in [2.05, 4.69) is 32.6 Å². The molecule has 0 aliphatic heterocycles. The summed E-state index contributed by atoms with van der Waals surface area (Å²) in [6.07, 6.45) is 2.62. The number of nitrogens with one attached hydrogen (secondary N) is 1. The Morgan fingerprint density at radius 2 is 1.56 bits per heavy atom. The Morgan fingerprint density at radius 1 is 0.882 bits per heavy atom. The fraction of sp³-hybridized carbons (Fsp3) is 0.0769. The van der Waals surface area contributed by atoms with Gasteiger partial charge in [-0.15, -0.1) is 21.5 Å². The maximum atomic E-state index is 12.7. The van der Waals surface area contributed by atoms with Gasteiger partial charge in [-0.05, 0) is 17.7 Å². The summed E-state index contributed by atoms with van der Waals surface area (Å²) in [4.78, 5) is 18.1. The largest absolute Gasteiger partial charge is 0.301 e. The molecule has 0 saturated heterocycles. The van der Waals surface area contributed by atoms with Crippen LogP contribution < -0.4 is 5.32 Å². The van der Waals surface area contributed by atoms with Gasteiger partial charge < -0.3 is 5.32 Å². The molecule has 2 heterocycles. The van der Waals surface area contributed by atoms with Crippen LogP contribution in [0.15, 0.2) is 102 Å². The highest BCUT2D eigenvalue weighted by Crippen LogP contribution is 2.28. The number of amides is 1. The van der Waals surface area contributed by atoms with Crippen molar-refractivity contribution in [3.63, 3.8) is 0 Å². The average Bonchev–Trinajstić information content (AvgIpc) is 3.51. The molecule has 6 nitrogen and oxygen atoms in total. The number of aromatic nitrogens is 4. The number of carbonyl (C=O) groups is 1. The van der Waals surface area contributed by atoms with Crippen molar-refractivity contribution in [1.29, 1.82) is 0 Å². The van der Waals surface area contributed by atoms with Gasteiger partial charge in [-0.25, -0.2) is 4.98 Å². The first-order valence-corrected chi connectivity index (χ1v) is 12.5. The first-order valence-electron chi connectivity index (χ1n) is 10.7. The monoisotopic (exact) mass is 483 g/mol. The smallest absolute Gasteiger partial charge is 0.236 e. The fourth-order valence-corrected chi connectivity index (χ4v) is 5.09. The van der Waals surface area contributed by atoms with Crippen molar-refractivity contribution in [1.82, 2.24) is 19.7 Å². The van der Waals surface area contributed by atoms with Crippen LogP contribution in [0.4, 0.5) is 5.13 Å². The molecule has 5 aromatic rings. The van der Waals surface area contributed by atoms with E-state index in [9.17, 15) is 4.79 Å². The van der Waals surface area contributed by atoms with Crippen LogP contribution in [-0.4, -0.2) is 31.4 Å². The van der Waals surface area contributed by atoms with E-state index in [4.69, 9.17) is 0 Å². The van der Waals surface area contributed by atoms with Crippen LogP contribution in [0.5, 0.6) is 0 Å². The highest BCUT2D eigenvalue weighted by molar-refractivity contribution is 7.99. The van der Waals surface area contributed by atoms with Gasteiger partial charge in [0.15, 0.2) is 16.1 Å². The van der Waals surface area contributed by atoms with Crippen LogP contribution in [0.25, 0.3) is 17.1 Å². The molecule has 0 saturated carbocycles. The zero-order valence-corrected chi connectivity index (χ0v) is 19.8. The Balaban J connectivity index is 1.28. The zero-order chi connectivity index (χ0) is 23.2. The predicted octanol–water partition coefficient (Wildman–Crippen LogP) is 5.71. The summed E-state index contributed by atoms with van der Waals surface area (Å²) in [5, 5.41) is 13.0. The molecule has 168 valence electrons. The molecule has 1 N–H and O–H groups in total. The van der Waals surface area contributed by atoms with Gasteiger partial charge in [0.25, 0.3) is 0 Å². The fourth-order valence-electron chi connectivity index (χ4n) is 3.48. The molecule has 5 rings (SSSR count). The maximum absolute atomic E-state index is 12.7. The van der Waals surface area contributed by atoms with Gasteiger partial charge in [-0.2, -0.15) is 0 Å². The number of anilines is 1. The third-order valence-corrected chi connectivity index (χ3v) is 6.87. The van der Waals surface area contributed by atoms with E-state index >= 15 is 0 Å². The summed E-state index contributed by atoms with van der Waals surface area (Å²) < 4.78 is 1.98. The summed E-state index contributed by atoms with van der Waals surface area (Å²) >= 11 is 2.84. The van der Waals surface area contributed by atoms with Crippen LogP contribution >= 0.6 is 23.1 Å². The van der Waals surface area contributed by atoms with Crippen LogP contribution in [-0.2, 0) is 11.2 Å². The molecule has 2 aromatic heterocycles. The Labute approximate surface area is 205 Å². The van der Waals surface area contributed by atoms with Crippen molar-refractivity contribution < 1.29 is 4.79 Å². The van der Waals surface area contributed by atoms with Gasteiger partial charge in [0, 0.05) is 28.7 Å². The molecule has 0 aliphatic carbocycles. The number of nitrogens with zero attached hydrogens (tertiary/aromatic N) is 4.